The van der Waals surface area contributed by atoms with Crippen LogP contribution >= 0.6 is 24.0 Å². The molecule has 22 heavy (non-hydrogen) atoms. The fraction of sp³-hybridized carbons (Fsp3) is 0.857. The minimum Gasteiger partial charge on any atom is -0.450 e. The quantitative estimate of drug-likeness (QED) is 0.400. The number of halogens is 1. The second-order valence-electron chi connectivity index (χ2n) is 6.11. The summed E-state index contributed by atoms with van der Waals surface area (Å²) in [6.45, 7) is 7.95. The molecule has 0 atom stereocenters. The molecule has 0 aromatic rings. The van der Waals surface area contributed by atoms with E-state index >= 15 is 0 Å². The molecule has 0 aromatic heterocycles. The average Bonchev–Trinajstić information content (AvgIpc) is 2.44. The molecule has 0 saturated carbocycles. The first-order valence-corrected chi connectivity index (χ1v) is 7.58. The van der Waals surface area contributed by atoms with Gasteiger partial charge in [-0.05, 0) is 19.8 Å². The summed E-state index contributed by atoms with van der Waals surface area (Å²) in [6.07, 6.45) is 1.49. The third-order valence-electron chi connectivity index (χ3n) is 3.91. The molecule has 2 saturated heterocycles. The molecule has 0 aromatic carbocycles. The van der Waals surface area contributed by atoms with E-state index in [2.05, 4.69) is 17.2 Å². The molecule has 1 amide bonds. The molecule has 7 nitrogen and oxygen atoms in total. The minimum absolute atomic E-state index is 0. The van der Waals surface area contributed by atoms with Gasteiger partial charge in [-0.2, -0.15) is 0 Å². The fourth-order valence-corrected chi connectivity index (χ4v) is 2.49. The topological polar surface area (TPSA) is 89.2 Å². The molecule has 3 N–H and O–H groups in total. The van der Waals surface area contributed by atoms with Gasteiger partial charge in [0.2, 0.25) is 0 Å². The largest absolute Gasteiger partial charge is 0.450 e. The van der Waals surface area contributed by atoms with Gasteiger partial charge in [-0.1, -0.05) is 6.92 Å². The van der Waals surface area contributed by atoms with E-state index in [0.29, 0.717) is 32.2 Å². The van der Waals surface area contributed by atoms with E-state index in [1.165, 1.54) is 0 Å². The number of nitrogens with zero attached hydrogens (tertiary/aromatic N) is 2. The van der Waals surface area contributed by atoms with Gasteiger partial charge in [0.15, 0.2) is 5.96 Å². The predicted molar refractivity (Wildman–Crippen MR) is 95.6 cm³/mol. The Bertz CT molecular complexity index is 394. The number of rotatable bonds is 4. The van der Waals surface area contributed by atoms with Crippen LogP contribution in [-0.4, -0.2) is 62.4 Å². The molecule has 2 rings (SSSR count). The number of likely N-dealkylation sites (tertiary alicyclic amines) is 1. The Labute approximate surface area is 149 Å². The van der Waals surface area contributed by atoms with Crippen LogP contribution in [0.25, 0.3) is 0 Å². The third-order valence-corrected chi connectivity index (χ3v) is 3.91. The van der Waals surface area contributed by atoms with Crippen LogP contribution in [0.5, 0.6) is 0 Å². The SMILES string of the molecule is CCOC(=O)N1CCC(NC(N)=NCC2(C)COC2)CC1.I. The number of ether oxygens (including phenoxy) is 2. The highest BCUT2D eigenvalue weighted by molar-refractivity contribution is 14.0. The van der Waals surface area contributed by atoms with Gasteiger partial charge in [-0.3, -0.25) is 4.99 Å². The van der Waals surface area contributed by atoms with Crippen molar-refractivity contribution < 1.29 is 14.3 Å². The standard InChI is InChI=1S/C14H26N4O3.HI/c1-3-21-13(19)18-6-4-11(5-7-18)17-12(15)16-8-14(2)9-20-10-14;/h11H,3-10H2,1-2H3,(H3,15,16,17);1H. The van der Waals surface area contributed by atoms with E-state index < -0.39 is 0 Å². The number of piperidine rings is 1. The summed E-state index contributed by atoms with van der Waals surface area (Å²) in [4.78, 5) is 17.7. The van der Waals surface area contributed by atoms with Crippen molar-refractivity contribution in [1.29, 1.82) is 0 Å². The maximum Gasteiger partial charge on any atom is 0.409 e. The summed E-state index contributed by atoms with van der Waals surface area (Å²) < 4.78 is 10.2. The number of carbonyl (C=O) groups excluding carboxylic acids is 1. The van der Waals surface area contributed by atoms with Crippen LogP contribution in [-0.2, 0) is 9.47 Å². The number of hydrogen-bond acceptors (Lipinski definition) is 4. The van der Waals surface area contributed by atoms with Crippen LogP contribution in [0.2, 0.25) is 0 Å². The summed E-state index contributed by atoms with van der Waals surface area (Å²) in [7, 11) is 0. The van der Waals surface area contributed by atoms with Crippen molar-refractivity contribution >= 4 is 36.0 Å². The van der Waals surface area contributed by atoms with Gasteiger partial charge in [0, 0.05) is 24.5 Å². The minimum atomic E-state index is -0.226. The Morgan fingerprint density at radius 3 is 2.59 bits per heavy atom. The Morgan fingerprint density at radius 2 is 2.09 bits per heavy atom. The van der Waals surface area contributed by atoms with Crippen molar-refractivity contribution in [3.63, 3.8) is 0 Å². The normalized spacial score (nSPS) is 21.5. The Morgan fingerprint density at radius 1 is 1.45 bits per heavy atom. The smallest absolute Gasteiger partial charge is 0.409 e. The number of nitrogens with one attached hydrogen (secondary N) is 1. The molecule has 2 fully saturated rings. The van der Waals surface area contributed by atoms with E-state index in [-0.39, 0.29) is 41.5 Å². The fourth-order valence-electron chi connectivity index (χ4n) is 2.49. The molecule has 128 valence electrons. The highest BCUT2D eigenvalue weighted by atomic mass is 127. The van der Waals surface area contributed by atoms with Crippen molar-refractivity contribution in [3.8, 4) is 0 Å². The second kappa shape index (κ2) is 8.76. The molecular formula is C14H27IN4O3. The van der Waals surface area contributed by atoms with Gasteiger partial charge in [0.05, 0.1) is 26.4 Å². The molecule has 8 heteroatoms. The Kier molecular flexibility index (Phi) is 7.67. The predicted octanol–water partition coefficient (Wildman–Crippen LogP) is 1.17. The third kappa shape index (κ3) is 5.45. The van der Waals surface area contributed by atoms with E-state index in [1.54, 1.807) is 4.90 Å². The molecule has 0 radical (unpaired) electrons. The lowest BCUT2D eigenvalue weighted by molar-refractivity contribution is -0.0945. The Balaban J connectivity index is 0.00000242. The van der Waals surface area contributed by atoms with Crippen LogP contribution in [0.3, 0.4) is 0 Å². The highest BCUT2D eigenvalue weighted by Crippen LogP contribution is 2.26. The molecule has 0 bridgehead atoms. The monoisotopic (exact) mass is 426 g/mol. The highest BCUT2D eigenvalue weighted by Gasteiger charge is 2.33. The zero-order chi connectivity index (χ0) is 15.3. The molecule has 0 unspecified atom stereocenters. The van der Waals surface area contributed by atoms with Gasteiger partial charge >= 0.3 is 6.09 Å². The molecule has 0 aliphatic carbocycles. The van der Waals surface area contributed by atoms with Crippen molar-refractivity contribution in [1.82, 2.24) is 10.2 Å². The number of nitrogens with two attached hydrogens (primary N) is 1. The van der Waals surface area contributed by atoms with E-state index in [4.69, 9.17) is 15.2 Å². The van der Waals surface area contributed by atoms with Gasteiger partial charge in [-0.15, -0.1) is 24.0 Å². The summed E-state index contributed by atoms with van der Waals surface area (Å²) >= 11 is 0. The lowest BCUT2D eigenvalue weighted by atomic mass is 9.89. The van der Waals surface area contributed by atoms with Crippen LogP contribution in [0, 0.1) is 5.41 Å². The summed E-state index contributed by atoms with van der Waals surface area (Å²) in [5.74, 6) is 0.484. The van der Waals surface area contributed by atoms with Crippen molar-refractivity contribution in [3.05, 3.63) is 0 Å². The lowest BCUT2D eigenvalue weighted by Crippen LogP contribution is -2.49. The first-order chi connectivity index (χ1) is 10.0. The molecule has 2 aliphatic rings. The van der Waals surface area contributed by atoms with Crippen LogP contribution in [0.4, 0.5) is 4.79 Å². The zero-order valence-electron chi connectivity index (χ0n) is 13.3. The molecule has 2 aliphatic heterocycles. The summed E-state index contributed by atoms with van der Waals surface area (Å²) in [5.41, 5.74) is 6.06. The average molecular weight is 426 g/mol. The number of guanidine groups is 1. The summed E-state index contributed by atoms with van der Waals surface area (Å²) in [5, 5.41) is 3.24. The van der Waals surface area contributed by atoms with Crippen LogP contribution < -0.4 is 11.1 Å². The number of amides is 1. The molecule has 0 spiro atoms. The van der Waals surface area contributed by atoms with Crippen molar-refractivity contribution in [2.24, 2.45) is 16.1 Å². The van der Waals surface area contributed by atoms with Crippen LogP contribution in [0.1, 0.15) is 26.7 Å². The summed E-state index contributed by atoms with van der Waals surface area (Å²) in [6, 6.07) is 0.268. The lowest BCUT2D eigenvalue weighted by Gasteiger charge is -2.36. The molecule has 2 heterocycles. The van der Waals surface area contributed by atoms with Crippen LogP contribution in [0.15, 0.2) is 4.99 Å². The number of carbonyl (C=O) groups is 1. The Hall–Kier alpha value is -0.770. The van der Waals surface area contributed by atoms with E-state index in [0.717, 1.165) is 26.1 Å². The first kappa shape index (κ1) is 19.3. The van der Waals surface area contributed by atoms with Crippen molar-refractivity contribution in [2.45, 2.75) is 32.7 Å². The van der Waals surface area contributed by atoms with Gasteiger partial charge in [0.1, 0.15) is 0 Å². The van der Waals surface area contributed by atoms with Gasteiger partial charge in [-0.25, -0.2) is 4.79 Å². The number of aliphatic imine (C=N–C) groups is 1. The number of hydrogen-bond donors (Lipinski definition) is 2. The van der Waals surface area contributed by atoms with Gasteiger partial charge < -0.3 is 25.4 Å². The van der Waals surface area contributed by atoms with E-state index in [1.807, 2.05) is 6.92 Å². The van der Waals surface area contributed by atoms with Gasteiger partial charge in [0.25, 0.3) is 0 Å². The maximum atomic E-state index is 11.6. The van der Waals surface area contributed by atoms with Crippen molar-refractivity contribution in [2.75, 3.05) is 39.5 Å². The molecular weight excluding hydrogens is 399 g/mol. The first-order valence-electron chi connectivity index (χ1n) is 7.58. The second-order valence-corrected chi connectivity index (χ2v) is 6.11. The zero-order valence-corrected chi connectivity index (χ0v) is 15.7. The maximum absolute atomic E-state index is 11.6. The van der Waals surface area contributed by atoms with E-state index in [9.17, 15) is 4.79 Å².